The van der Waals surface area contributed by atoms with E-state index in [2.05, 4.69) is 5.32 Å². The number of carbonyl (C=O) groups is 1. The van der Waals surface area contributed by atoms with Gasteiger partial charge in [0.15, 0.2) is 0 Å². The highest BCUT2D eigenvalue weighted by atomic mass is 35.5. The van der Waals surface area contributed by atoms with E-state index >= 15 is 0 Å². The fourth-order valence-corrected chi connectivity index (χ4v) is 1.15. The molecule has 0 aromatic rings. The first-order chi connectivity index (χ1) is 4.84. The summed E-state index contributed by atoms with van der Waals surface area (Å²) < 4.78 is 0. The molecule has 0 unspecified atom stereocenters. The second-order valence-corrected chi connectivity index (χ2v) is 2.47. The fourth-order valence-electron chi connectivity index (χ4n) is 1.15. The minimum Gasteiger partial charge on any atom is -0.342 e. The van der Waals surface area contributed by atoms with Crippen molar-refractivity contribution < 1.29 is 4.79 Å². The third kappa shape index (κ3) is 3.08. The second-order valence-electron chi connectivity index (χ2n) is 2.47. The quantitative estimate of drug-likeness (QED) is 0.625. The van der Waals surface area contributed by atoms with Gasteiger partial charge < -0.3 is 10.2 Å². The molecule has 1 heterocycles. The van der Waals surface area contributed by atoms with Gasteiger partial charge >= 0.3 is 0 Å². The SMILES string of the molecule is CCN1CCNCCC1=O.Cl. The van der Waals surface area contributed by atoms with Crippen LogP contribution in [0.1, 0.15) is 13.3 Å². The summed E-state index contributed by atoms with van der Waals surface area (Å²) in [6.45, 7) is 5.52. The lowest BCUT2D eigenvalue weighted by atomic mass is 10.4. The Labute approximate surface area is 73.5 Å². The highest BCUT2D eigenvalue weighted by Crippen LogP contribution is 1.95. The predicted molar refractivity (Wildman–Crippen MR) is 47.0 cm³/mol. The van der Waals surface area contributed by atoms with Gasteiger partial charge in [0.25, 0.3) is 0 Å². The molecule has 0 aromatic heterocycles. The van der Waals surface area contributed by atoms with Crippen LogP contribution in [-0.2, 0) is 4.79 Å². The normalized spacial score (nSPS) is 19.0. The molecule has 66 valence electrons. The van der Waals surface area contributed by atoms with E-state index in [9.17, 15) is 4.79 Å². The Morgan fingerprint density at radius 1 is 1.55 bits per heavy atom. The Kier molecular flexibility index (Phi) is 5.24. The smallest absolute Gasteiger partial charge is 0.223 e. The van der Waals surface area contributed by atoms with Crippen molar-refractivity contribution in [2.75, 3.05) is 26.2 Å². The Morgan fingerprint density at radius 3 is 2.91 bits per heavy atom. The van der Waals surface area contributed by atoms with Gasteiger partial charge in [0.1, 0.15) is 0 Å². The van der Waals surface area contributed by atoms with Crippen molar-refractivity contribution in [1.29, 1.82) is 0 Å². The molecule has 0 spiro atoms. The van der Waals surface area contributed by atoms with Crippen LogP contribution in [0.3, 0.4) is 0 Å². The summed E-state index contributed by atoms with van der Waals surface area (Å²) >= 11 is 0. The van der Waals surface area contributed by atoms with Crippen LogP contribution in [0.15, 0.2) is 0 Å². The number of hydrogen-bond donors (Lipinski definition) is 1. The number of rotatable bonds is 1. The van der Waals surface area contributed by atoms with Gasteiger partial charge in [-0.1, -0.05) is 0 Å². The maximum atomic E-state index is 11.1. The molecule has 11 heavy (non-hydrogen) atoms. The maximum absolute atomic E-state index is 11.1. The van der Waals surface area contributed by atoms with Crippen LogP contribution >= 0.6 is 12.4 Å². The third-order valence-corrected chi connectivity index (χ3v) is 1.81. The van der Waals surface area contributed by atoms with Crippen LogP contribution in [0.5, 0.6) is 0 Å². The second kappa shape index (κ2) is 5.38. The summed E-state index contributed by atoms with van der Waals surface area (Å²) in [6.07, 6.45) is 0.661. The minimum absolute atomic E-state index is 0. The number of nitrogens with one attached hydrogen (secondary N) is 1. The van der Waals surface area contributed by atoms with E-state index in [1.54, 1.807) is 0 Å². The molecule has 4 heteroatoms. The molecule has 1 N–H and O–H groups in total. The molecule has 0 aromatic carbocycles. The van der Waals surface area contributed by atoms with E-state index < -0.39 is 0 Å². The molecule has 1 aliphatic rings. The van der Waals surface area contributed by atoms with Crippen molar-refractivity contribution in [3.63, 3.8) is 0 Å². The van der Waals surface area contributed by atoms with Gasteiger partial charge in [-0.2, -0.15) is 0 Å². The minimum atomic E-state index is 0. The lowest BCUT2D eigenvalue weighted by Gasteiger charge is -2.16. The molecule has 0 saturated carbocycles. The summed E-state index contributed by atoms with van der Waals surface area (Å²) in [5, 5.41) is 3.18. The van der Waals surface area contributed by atoms with Gasteiger partial charge in [-0.25, -0.2) is 0 Å². The van der Waals surface area contributed by atoms with E-state index in [4.69, 9.17) is 0 Å². The molecule has 1 rings (SSSR count). The Balaban J connectivity index is 0.000001000. The molecule has 0 radical (unpaired) electrons. The van der Waals surface area contributed by atoms with Crippen molar-refractivity contribution in [3.05, 3.63) is 0 Å². The molecule has 0 bridgehead atoms. The zero-order valence-electron chi connectivity index (χ0n) is 6.80. The summed E-state index contributed by atoms with van der Waals surface area (Å²) in [6, 6.07) is 0. The topological polar surface area (TPSA) is 32.3 Å². The number of carbonyl (C=O) groups excluding carboxylic acids is 1. The van der Waals surface area contributed by atoms with Crippen LogP contribution < -0.4 is 5.32 Å². The van der Waals surface area contributed by atoms with E-state index in [1.807, 2.05) is 11.8 Å². The maximum Gasteiger partial charge on any atom is 0.223 e. The van der Waals surface area contributed by atoms with Crippen molar-refractivity contribution in [2.45, 2.75) is 13.3 Å². The van der Waals surface area contributed by atoms with Gasteiger partial charge in [0.2, 0.25) is 5.91 Å². The molecule has 1 amide bonds. The Morgan fingerprint density at radius 2 is 2.27 bits per heavy atom. The Bertz CT molecular complexity index is 130. The van der Waals surface area contributed by atoms with Crippen molar-refractivity contribution in [1.82, 2.24) is 10.2 Å². The summed E-state index contributed by atoms with van der Waals surface area (Å²) in [7, 11) is 0. The molecular weight excluding hydrogens is 164 g/mol. The first-order valence-corrected chi connectivity index (χ1v) is 3.83. The van der Waals surface area contributed by atoms with Gasteiger partial charge in [0, 0.05) is 32.6 Å². The number of halogens is 1. The first-order valence-electron chi connectivity index (χ1n) is 3.83. The average molecular weight is 179 g/mol. The standard InChI is InChI=1S/C7H14N2O.ClH/c1-2-9-6-5-8-4-3-7(9)10;/h8H,2-6H2,1H3;1H. The number of likely N-dealkylation sites (N-methyl/N-ethyl adjacent to an activating group) is 1. The van der Waals surface area contributed by atoms with Gasteiger partial charge in [-0.3, -0.25) is 4.79 Å². The number of hydrogen-bond acceptors (Lipinski definition) is 2. The molecule has 0 atom stereocenters. The number of nitrogens with zero attached hydrogens (tertiary/aromatic N) is 1. The molecule has 1 saturated heterocycles. The van der Waals surface area contributed by atoms with E-state index in [0.29, 0.717) is 6.42 Å². The van der Waals surface area contributed by atoms with Crippen LogP contribution in [-0.4, -0.2) is 37.0 Å². The van der Waals surface area contributed by atoms with E-state index in [1.165, 1.54) is 0 Å². The number of amides is 1. The predicted octanol–water partition coefficient (Wildman–Crippen LogP) is 0.250. The average Bonchev–Trinajstić information content (AvgIpc) is 2.13. The van der Waals surface area contributed by atoms with Crippen molar-refractivity contribution in [3.8, 4) is 0 Å². The highest BCUT2D eigenvalue weighted by Gasteiger charge is 2.12. The third-order valence-electron chi connectivity index (χ3n) is 1.81. The monoisotopic (exact) mass is 178 g/mol. The van der Waals surface area contributed by atoms with Crippen LogP contribution in [0, 0.1) is 0 Å². The Hall–Kier alpha value is -0.280. The summed E-state index contributed by atoms with van der Waals surface area (Å²) in [5.41, 5.74) is 0. The van der Waals surface area contributed by atoms with E-state index in [0.717, 1.165) is 26.2 Å². The molecule has 0 aliphatic carbocycles. The zero-order chi connectivity index (χ0) is 7.40. The largest absolute Gasteiger partial charge is 0.342 e. The summed E-state index contributed by atoms with van der Waals surface area (Å²) in [5.74, 6) is 0.285. The molecule has 1 aliphatic heterocycles. The van der Waals surface area contributed by atoms with Crippen LogP contribution in [0.4, 0.5) is 0 Å². The van der Waals surface area contributed by atoms with Gasteiger partial charge in [-0.05, 0) is 6.92 Å². The lowest BCUT2D eigenvalue weighted by Crippen LogP contribution is -2.31. The van der Waals surface area contributed by atoms with Gasteiger partial charge in [0.05, 0.1) is 0 Å². The molecular formula is C7H15ClN2O. The summed E-state index contributed by atoms with van der Waals surface area (Å²) in [4.78, 5) is 13.0. The van der Waals surface area contributed by atoms with E-state index in [-0.39, 0.29) is 18.3 Å². The lowest BCUT2D eigenvalue weighted by molar-refractivity contribution is -0.130. The van der Waals surface area contributed by atoms with Crippen LogP contribution in [0.2, 0.25) is 0 Å². The van der Waals surface area contributed by atoms with Gasteiger partial charge in [-0.15, -0.1) is 12.4 Å². The highest BCUT2D eigenvalue weighted by molar-refractivity contribution is 5.85. The zero-order valence-corrected chi connectivity index (χ0v) is 7.62. The van der Waals surface area contributed by atoms with Crippen molar-refractivity contribution in [2.24, 2.45) is 0 Å². The van der Waals surface area contributed by atoms with Crippen molar-refractivity contribution >= 4 is 18.3 Å². The van der Waals surface area contributed by atoms with Crippen LogP contribution in [0.25, 0.3) is 0 Å². The first kappa shape index (κ1) is 10.7. The molecule has 3 nitrogen and oxygen atoms in total. The molecule has 1 fully saturated rings. The fraction of sp³-hybridized carbons (Fsp3) is 0.857.